The number of nitriles is 1. The summed E-state index contributed by atoms with van der Waals surface area (Å²) in [7, 11) is 0. The van der Waals surface area contributed by atoms with Crippen LogP contribution in [0.4, 0.5) is 5.69 Å². The number of carbonyl (C=O) groups is 1. The number of hydrogen-bond donors (Lipinski definition) is 3. The molecule has 1 heterocycles. The summed E-state index contributed by atoms with van der Waals surface area (Å²) >= 11 is 0. The van der Waals surface area contributed by atoms with Crippen molar-refractivity contribution in [3.05, 3.63) is 36.0 Å². The molecule has 1 aromatic rings. The van der Waals surface area contributed by atoms with Gasteiger partial charge in [0.1, 0.15) is 17.4 Å². The lowest BCUT2D eigenvalue weighted by molar-refractivity contribution is -0.112. The third kappa shape index (κ3) is 5.62. The fourth-order valence-corrected chi connectivity index (χ4v) is 2.15. The Labute approximate surface area is 135 Å². The van der Waals surface area contributed by atoms with Gasteiger partial charge in [0.2, 0.25) is 0 Å². The molecule has 1 saturated heterocycles. The summed E-state index contributed by atoms with van der Waals surface area (Å²) < 4.78 is 5.27. The van der Waals surface area contributed by atoms with E-state index in [0.717, 1.165) is 32.8 Å². The average molecular weight is 316 g/mol. The highest BCUT2D eigenvalue weighted by Gasteiger charge is 2.11. The number of phenolic OH excluding ortho intramolecular Hbond substituents is 1. The van der Waals surface area contributed by atoms with Gasteiger partial charge >= 0.3 is 0 Å². The molecule has 1 aromatic carbocycles. The third-order valence-electron chi connectivity index (χ3n) is 3.39. The fourth-order valence-electron chi connectivity index (χ4n) is 2.15. The van der Waals surface area contributed by atoms with E-state index >= 15 is 0 Å². The van der Waals surface area contributed by atoms with Crippen molar-refractivity contribution in [2.24, 2.45) is 0 Å². The summed E-state index contributed by atoms with van der Waals surface area (Å²) in [6.45, 7) is 4.75. The number of ether oxygens (including phenoxy) is 1. The first kappa shape index (κ1) is 16.8. The molecule has 1 aliphatic rings. The third-order valence-corrected chi connectivity index (χ3v) is 3.39. The number of phenols is 1. The quantitative estimate of drug-likeness (QED) is 0.405. The van der Waals surface area contributed by atoms with Gasteiger partial charge in [0.15, 0.2) is 0 Å². The molecule has 0 bridgehead atoms. The van der Waals surface area contributed by atoms with Crippen LogP contribution in [-0.2, 0) is 9.53 Å². The molecule has 7 nitrogen and oxygen atoms in total. The van der Waals surface area contributed by atoms with Crippen LogP contribution >= 0.6 is 0 Å². The number of nitrogens with zero attached hydrogens (tertiary/aromatic N) is 2. The molecular weight excluding hydrogens is 296 g/mol. The average Bonchev–Trinajstić information content (AvgIpc) is 2.56. The van der Waals surface area contributed by atoms with Gasteiger partial charge in [0, 0.05) is 44.1 Å². The number of morpholine rings is 1. The van der Waals surface area contributed by atoms with Crippen molar-refractivity contribution in [2.45, 2.75) is 0 Å². The number of benzene rings is 1. The van der Waals surface area contributed by atoms with Crippen molar-refractivity contribution < 1.29 is 14.6 Å². The monoisotopic (exact) mass is 316 g/mol. The van der Waals surface area contributed by atoms with Crippen LogP contribution in [0.2, 0.25) is 0 Å². The summed E-state index contributed by atoms with van der Waals surface area (Å²) in [5.74, 6) is -0.467. The van der Waals surface area contributed by atoms with E-state index in [4.69, 9.17) is 10.00 Å². The maximum atomic E-state index is 12.0. The van der Waals surface area contributed by atoms with Crippen LogP contribution in [0.1, 0.15) is 0 Å². The van der Waals surface area contributed by atoms with Gasteiger partial charge in [-0.2, -0.15) is 5.26 Å². The van der Waals surface area contributed by atoms with Crippen LogP contribution in [0.3, 0.4) is 0 Å². The molecule has 7 heteroatoms. The molecule has 23 heavy (non-hydrogen) atoms. The molecule has 0 saturated carbocycles. The SMILES string of the molecule is N#C/C(=C/NCCN1CCOCC1)C(=O)Nc1cccc(O)c1. The van der Waals surface area contributed by atoms with Gasteiger partial charge in [-0.3, -0.25) is 9.69 Å². The Morgan fingerprint density at radius 1 is 1.43 bits per heavy atom. The van der Waals surface area contributed by atoms with Gasteiger partial charge in [0.25, 0.3) is 5.91 Å². The highest BCUT2D eigenvalue weighted by atomic mass is 16.5. The van der Waals surface area contributed by atoms with E-state index in [0.29, 0.717) is 12.2 Å². The first-order valence-corrected chi connectivity index (χ1v) is 7.43. The van der Waals surface area contributed by atoms with Gasteiger partial charge in [-0.1, -0.05) is 6.07 Å². The Hall–Kier alpha value is -2.56. The first-order valence-electron chi connectivity index (χ1n) is 7.43. The van der Waals surface area contributed by atoms with Crippen LogP contribution in [0, 0.1) is 11.3 Å². The number of amides is 1. The zero-order valence-corrected chi connectivity index (χ0v) is 12.8. The van der Waals surface area contributed by atoms with Crippen LogP contribution in [0.5, 0.6) is 5.75 Å². The van der Waals surface area contributed by atoms with Crippen molar-refractivity contribution >= 4 is 11.6 Å². The minimum atomic E-state index is -0.517. The minimum Gasteiger partial charge on any atom is -0.508 e. The molecule has 1 amide bonds. The number of nitrogens with one attached hydrogen (secondary N) is 2. The predicted octanol–water partition coefficient (Wildman–Crippen LogP) is 0.660. The van der Waals surface area contributed by atoms with Crippen molar-refractivity contribution in [3.8, 4) is 11.8 Å². The van der Waals surface area contributed by atoms with Crippen molar-refractivity contribution in [3.63, 3.8) is 0 Å². The minimum absolute atomic E-state index is 0.0182. The topological polar surface area (TPSA) is 97.6 Å². The summed E-state index contributed by atoms with van der Waals surface area (Å²) in [5, 5.41) is 24.0. The molecule has 0 aliphatic carbocycles. The van der Waals surface area contributed by atoms with Gasteiger partial charge in [0.05, 0.1) is 13.2 Å². The van der Waals surface area contributed by atoms with E-state index in [2.05, 4.69) is 15.5 Å². The summed E-state index contributed by atoms with van der Waals surface area (Å²) in [6, 6.07) is 8.03. The van der Waals surface area contributed by atoms with E-state index in [1.165, 1.54) is 18.3 Å². The lowest BCUT2D eigenvalue weighted by Gasteiger charge is -2.26. The number of aromatic hydroxyl groups is 1. The van der Waals surface area contributed by atoms with Crippen LogP contribution in [0.15, 0.2) is 36.0 Å². The Morgan fingerprint density at radius 2 is 2.22 bits per heavy atom. The molecule has 0 spiro atoms. The van der Waals surface area contributed by atoms with Crippen LogP contribution < -0.4 is 10.6 Å². The van der Waals surface area contributed by atoms with Gasteiger partial charge < -0.3 is 20.5 Å². The predicted molar refractivity (Wildman–Crippen MR) is 85.7 cm³/mol. The Balaban J connectivity index is 1.80. The smallest absolute Gasteiger partial charge is 0.267 e. The summed E-state index contributed by atoms with van der Waals surface area (Å²) in [6.07, 6.45) is 1.42. The summed E-state index contributed by atoms with van der Waals surface area (Å²) in [4.78, 5) is 14.3. The molecule has 0 radical (unpaired) electrons. The van der Waals surface area contributed by atoms with E-state index in [1.807, 2.05) is 6.07 Å². The molecule has 122 valence electrons. The van der Waals surface area contributed by atoms with E-state index in [9.17, 15) is 9.90 Å². The van der Waals surface area contributed by atoms with Crippen LogP contribution in [-0.4, -0.2) is 55.3 Å². The molecule has 3 N–H and O–H groups in total. The second-order valence-corrected chi connectivity index (χ2v) is 5.08. The van der Waals surface area contributed by atoms with Crippen LogP contribution in [0.25, 0.3) is 0 Å². The zero-order valence-electron chi connectivity index (χ0n) is 12.8. The highest BCUT2D eigenvalue weighted by molar-refractivity contribution is 6.06. The lowest BCUT2D eigenvalue weighted by Crippen LogP contribution is -2.39. The molecule has 2 rings (SSSR count). The van der Waals surface area contributed by atoms with E-state index in [-0.39, 0.29) is 11.3 Å². The largest absolute Gasteiger partial charge is 0.508 e. The Bertz CT molecular complexity index is 604. The lowest BCUT2D eigenvalue weighted by atomic mass is 10.2. The van der Waals surface area contributed by atoms with Gasteiger partial charge in [-0.15, -0.1) is 0 Å². The fraction of sp³-hybridized carbons (Fsp3) is 0.375. The van der Waals surface area contributed by atoms with Crippen molar-refractivity contribution in [2.75, 3.05) is 44.7 Å². The second-order valence-electron chi connectivity index (χ2n) is 5.08. The normalized spacial score (nSPS) is 15.7. The van der Waals surface area contributed by atoms with E-state index in [1.54, 1.807) is 12.1 Å². The molecule has 1 fully saturated rings. The number of hydrogen-bond acceptors (Lipinski definition) is 6. The maximum absolute atomic E-state index is 12.0. The Morgan fingerprint density at radius 3 is 2.91 bits per heavy atom. The molecule has 0 atom stereocenters. The number of anilines is 1. The summed E-state index contributed by atoms with van der Waals surface area (Å²) in [5.41, 5.74) is 0.416. The number of rotatable bonds is 6. The van der Waals surface area contributed by atoms with Gasteiger partial charge in [-0.05, 0) is 12.1 Å². The van der Waals surface area contributed by atoms with Crippen molar-refractivity contribution in [1.82, 2.24) is 10.2 Å². The second kappa shape index (κ2) is 8.78. The standard InChI is InChI=1S/C16H20N4O3/c17-11-13(12-18-4-5-20-6-8-23-9-7-20)16(22)19-14-2-1-3-15(21)10-14/h1-3,10,12,18,21H,4-9H2,(H,19,22)/b13-12-. The van der Waals surface area contributed by atoms with Gasteiger partial charge in [-0.25, -0.2) is 0 Å². The first-order chi connectivity index (χ1) is 11.2. The number of carbonyl (C=O) groups excluding carboxylic acids is 1. The zero-order chi connectivity index (χ0) is 16.5. The molecule has 0 aromatic heterocycles. The van der Waals surface area contributed by atoms with Crippen molar-refractivity contribution in [1.29, 1.82) is 5.26 Å². The molecule has 0 unspecified atom stereocenters. The molecule has 1 aliphatic heterocycles. The maximum Gasteiger partial charge on any atom is 0.267 e. The Kier molecular flexibility index (Phi) is 6.41. The highest BCUT2D eigenvalue weighted by Crippen LogP contribution is 2.15. The van der Waals surface area contributed by atoms with E-state index < -0.39 is 5.91 Å². The molecular formula is C16H20N4O3.